The molecule has 0 aromatic rings. The van der Waals surface area contributed by atoms with Gasteiger partial charge in [0.2, 0.25) is 11.8 Å². The van der Waals surface area contributed by atoms with Crippen LogP contribution in [0.5, 0.6) is 0 Å². The summed E-state index contributed by atoms with van der Waals surface area (Å²) in [5.74, 6) is -0.154. The average Bonchev–Trinajstić information content (AvgIpc) is 2.34. The molecule has 1 saturated heterocycles. The van der Waals surface area contributed by atoms with Crippen molar-refractivity contribution in [2.24, 2.45) is 11.7 Å². The average molecular weight is 306 g/mol. The van der Waals surface area contributed by atoms with E-state index in [-0.39, 0.29) is 36.7 Å². The molecule has 0 saturated carbocycles. The van der Waals surface area contributed by atoms with Gasteiger partial charge in [-0.15, -0.1) is 12.4 Å². The second-order valence-electron chi connectivity index (χ2n) is 5.64. The summed E-state index contributed by atoms with van der Waals surface area (Å²) in [5, 5.41) is 2.64. The molecule has 6 heteroatoms. The van der Waals surface area contributed by atoms with E-state index in [0.717, 1.165) is 25.9 Å². The Labute approximate surface area is 128 Å². The Morgan fingerprint density at radius 1 is 1.10 bits per heavy atom. The Kier molecular flexibility index (Phi) is 9.59. The molecular weight excluding hydrogens is 278 g/mol. The van der Waals surface area contributed by atoms with Crippen LogP contribution in [0.25, 0.3) is 0 Å². The zero-order valence-corrected chi connectivity index (χ0v) is 13.4. The molecule has 1 atom stereocenters. The number of carbonyl (C=O) groups is 2. The smallest absolute Gasteiger partial charge is 0.241 e. The Hall–Kier alpha value is -0.810. The van der Waals surface area contributed by atoms with Crippen molar-refractivity contribution in [3.63, 3.8) is 0 Å². The summed E-state index contributed by atoms with van der Waals surface area (Å²) < 4.78 is 0. The summed E-state index contributed by atoms with van der Waals surface area (Å²) in [7, 11) is 0. The Bertz CT molecular complexity index is 303. The molecule has 0 radical (unpaired) electrons. The molecule has 0 aliphatic carbocycles. The Balaban J connectivity index is 0.00000361. The lowest BCUT2D eigenvalue weighted by molar-refractivity contribution is -0.133. The van der Waals surface area contributed by atoms with Gasteiger partial charge in [-0.2, -0.15) is 0 Å². The highest BCUT2D eigenvalue weighted by Crippen LogP contribution is 2.10. The highest BCUT2D eigenvalue weighted by Gasteiger charge is 2.19. The van der Waals surface area contributed by atoms with Crippen molar-refractivity contribution in [3.8, 4) is 0 Å². The van der Waals surface area contributed by atoms with E-state index in [1.807, 2.05) is 18.7 Å². The van der Waals surface area contributed by atoms with Gasteiger partial charge in [0, 0.05) is 13.1 Å². The summed E-state index contributed by atoms with van der Waals surface area (Å²) >= 11 is 0. The summed E-state index contributed by atoms with van der Waals surface area (Å²) in [6, 6.07) is -0.542. The highest BCUT2D eigenvalue weighted by molar-refractivity contribution is 5.87. The van der Waals surface area contributed by atoms with Gasteiger partial charge in [-0.3, -0.25) is 9.59 Å². The van der Waals surface area contributed by atoms with Crippen LogP contribution in [0.1, 0.15) is 46.0 Å². The van der Waals surface area contributed by atoms with E-state index >= 15 is 0 Å². The van der Waals surface area contributed by atoms with E-state index in [4.69, 9.17) is 5.73 Å². The fraction of sp³-hybridized carbons (Fsp3) is 0.857. The Morgan fingerprint density at radius 3 is 2.10 bits per heavy atom. The number of rotatable bonds is 4. The monoisotopic (exact) mass is 305 g/mol. The zero-order valence-electron chi connectivity index (χ0n) is 12.6. The van der Waals surface area contributed by atoms with Gasteiger partial charge in [-0.25, -0.2) is 0 Å². The van der Waals surface area contributed by atoms with Crippen molar-refractivity contribution >= 4 is 24.2 Å². The number of nitrogens with zero attached hydrogens (tertiary/aromatic N) is 1. The third kappa shape index (κ3) is 6.57. The van der Waals surface area contributed by atoms with Gasteiger partial charge in [0.1, 0.15) is 0 Å². The van der Waals surface area contributed by atoms with Crippen LogP contribution in [0.3, 0.4) is 0 Å². The third-order valence-corrected chi connectivity index (χ3v) is 3.64. The fourth-order valence-electron chi connectivity index (χ4n) is 2.19. The number of carbonyl (C=O) groups excluding carboxylic acids is 2. The predicted octanol–water partition coefficient (Wildman–Crippen LogP) is 1.30. The minimum atomic E-state index is -0.542. The number of amides is 2. The van der Waals surface area contributed by atoms with Gasteiger partial charge < -0.3 is 16.0 Å². The van der Waals surface area contributed by atoms with E-state index in [9.17, 15) is 9.59 Å². The number of nitrogens with two attached hydrogens (primary N) is 1. The van der Waals surface area contributed by atoms with Gasteiger partial charge >= 0.3 is 0 Å². The van der Waals surface area contributed by atoms with Gasteiger partial charge in [-0.05, 0) is 18.8 Å². The van der Waals surface area contributed by atoms with Crippen molar-refractivity contribution in [3.05, 3.63) is 0 Å². The topological polar surface area (TPSA) is 75.4 Å². The van der Waals surface area contributed by atoms with Crippen LogP contribution in [0, 0.1) is 5.92 Å². The summed E-state index contributed by atoms with van der Waals surface area (Å²) in [5.41, 5.74) is 5.73. The first-order chi connectivity index (χ1) is 9.02. The number of nitrogens with one attached hydrogen (secondary N) is 1. The molecule has 1 fully saturated rings. The van der Waals surface area contributed by atoms with Crippen molar-refractivity contribution < 1.29 is 9.59 Å². The normalized spacial score (nSPS) is 17.7. The molecule has 3 N–H and O–H groups in total. The first-order valence-corrected chi connectivity index (χ1v) is 7.33. The molecule has 118 valence electrons. The molecule has 0 aromatic heterocycles. The molecular formula is C14H28ClN3O2. The van der Waals surface area contributed by atoms with Crippen LogP contribution < -0.4 is 11.1 Å². The maximum atomic E-state index is 12.0. The van der Waals surface area contributed by atoms with Crippen molar-refractivity contribution in [1.29, 1.82) is 0 Å². The Morgan fingerprint density at radius 2 is 1.60 bits per heavy atom. The summed E-state index contributed by atoms with van der Waals surface area (Å²) in [6.07, 6.45) is 5.77. The molecule has 5 nitrogen and oxygen atoms in total. The molecule has 0 spiro atoms. The minimum Gasteiger partial charge on any atom is -0.346 e. The van der Waals surface area contributed by atoms with Gasteiger partial charge in [0.25, 0.3) is 0 Å². The number of hydrogen-bond donors (Lipinski definition) is 2. The minimum absolute atomic E-state index is 0. The van der Waals surface area contributed by atoms with Crippen molar-refractivity contribution in [2.75, 3.05) is 19.6 Å². The number of halogens is 1. The molecule has 1 heterocycles. The summed E-state index contributed by atoms with van der Waals surface area (Å²) in [4.78, 5) is 25.6. The molecule has 1 rings (SSSR count). The first kappa shape index (κ1) is 19.2. The molecule has 0 aromatic carbocycles. The van der Waals surface area contributed by atoms with E-state index in [2.05, 4.69) is 5.32 Å². The van der Waals surface area contributed by atoms with E-state index in [1.54, 1.807) is 0 Å². The third-order valence-electron chi connectivity index (χ3n) is 3.64. The summed E-state index contributed by atoms with van der Waals surface area (Å²) in [6.45, 7) is 5.48. The molecule has 2 amide bonds. The second kappa shape index (κ2) is 10.00. The van der Waals surface area contributed by atoms with Crippen LogP contribution >= 0.6 is 12.4 Å². The maximum Gasteiger partial charge on any atom is 0.241 e. The SMILES string of the molecule is CC(C)[C@H](N)C(=O)NCC(=O)N1CCCCCCC1.Cl. The lowest BCUT2D eigenvalue weighted by Gasteiger charge is -2.25. The van der Waals surface area contributed by atoms with Crippen LogP contribution in [0.15, 0.2) is 0 Å². The largest absolute Gasteiger partial charge is 0.346 e. The molecule has 1 aliphatic rings. The number of likely N-dealkylation sites (tertiary alicyclic amines) is 1. The standard InChI is InChI=1S/C14H27N3O2.ClH/c1-11(2)13(15)14(19)16-10-12(18)17-8-6-4-3-5-7-9-17;/h11,13H,3-10,15H2,1-2H3,(H,16,19);1H/t13-;/m0./s1. The van der Waals surface area contributed by atoms with Crippen LogP contribution in [-0.4, -0.2) is 42.4 Å². The lowest BCUT2D eigenvalue weighted by atomic mass is 10.1. The fourth-order valence-corrected chi connectivity index (χ4v) is 2.19. The first-order valence-electron chi connectivity index (χ1n) is 7.33. The predicted molar refractivity (Wildman–Crippen MR) is 82.7 cm³/mol. The zero-order chi connectivity index (χ0) is 14.3. The molecule has 0 unspecified atom stereocenters. The van der Waals surface area contributed by atoms with E-state index in [0.29, 0.717) is 0 Å². The van der Waals surface area contributed by atoms with Crippen LogP contribution in [-0.2, 0) is 9.59 Å². The molecule has 0 bridgehead atoms. The van der Waals surface area contributed by atoms with Crippen molar-refractivity contribution in [1.82, 2.24) is 10.2 Å². The second-order valence-corrected chi connectivity index (χ2v) is 5.64. The molecule has 1 aliphatic heterocycles. The van der Waals surface area contributed by atoms with Crippen LogP contribution in [0.2, 0.25) is 0 Å². The van der Waals surface area contributed by atoms with Crippen molar-refractivity contribution in [2.45, 2.75) is 52.0 Å². The van der Waals surface area contributed by atoms with Gasteiger partial charge in [0.15, 0.2) is 0 Å². The number of hydrogen-bond acceptors (Lipinski definition) is 3. The van der Waals surface area contributed by atoms with Gasteiger partial charge in [-0.1, -0.05) is 33.1 Å². The lowest BCUT2D eigenvalue weighted by Crippen LogP contribution is -2.48. The highest BCUT2D eigenvalue weighted by atomic mass is 35.5. The molecule has 20 heavy (non-hydrogen) atoms. The van der Waals surface area contributed by atoms with E-state index in [1.165, 1.54) is 19.3 Å². The van der Waals surface area contributed by atoms with Crippen LogP contribution in [0.4, 0.5) is 0 Å². The quantitative estimate of drug-likeness (QED) is 0.822. The van der Waals surface area contributed by atoms with Gasteiger partial charge in [0.05, 0.1) is 12.6 Å². The van der Waals surface area contributed by atoms with E-state index < -0.39 is 6.04 Å². The maximum absolute atomic E-state index is 12.0.